The molecule has 1 saturated carbocycles. The molecule has 5 heteroatoms. The van der Waals surface area contributed by atoms with E-state index >= 15 is 0 Å². The predicted octanol–water partition coefficient (Wildman–Crippen LogP) is 1.31. The van der Waals surface area contributed by atoms with E-state index in [4.69, 9.17) is 18.0 Å². The van der Waals surface area contributed by atoms with E-state index < -0.39 is 5.41 Å². The lowest BCUT2D eigenvalue weighted by molar-refractivity contribution is -0.124. The summed E-state index contributed by atoms with van der Waals surface area (Å²) in [7, 11) is 0. The van der Waals surface area contributed by atoms with Crippen LogP contribution in [-0.4, -0.2) is 28.4 Å². The monoisotopic (exact) mass is 246 g/mol. The van der Waals surface area contributed by atoms with Gasteiger partial charge < -0.3 is 11.1 Å². The second-order valence-electron chi connectivity index (χ2n) is 3.98. The third-order valence-electron chi connectivity index (χ3n) is 2.61. The molecule has 1 unspecified atom stereocenters. The minimum Gasteiger partial charge on any atom is -0.392 e. The Bertz CT molecular complexity index is 264. The van der Waals surface area contributed by atoms with Gasteiger partial charge in [0.25, 0.3) is 0 Å². The van der Waals surface area contributed by atoms with Gasteiger partial charge in [-0.15, -0.1) is 0 Å². The zero-order valence-corrected chi connectivity index (χ0v) is 10.8. The van der Waals surface area contributed by atoms with E-state index in [9.17, 15) is 4.79 Å². The van der Waals surface area contributed by atoms with Crippen molar-refractivity contribution in [3.63, 3.8) is 0 Å². The lowest BCUT2D eigenvalue weighted by Crippen LogP contribution is -2.44. The van der Waals surface area contributed by atoms with Crippen LogP contribution in [-0.2, 0) is 4.79 Å². The quantitative estimate of drug-likeness (QED) is 0.694. The van der Waals surface area contributed by atoms with Gasteiger partial charge in [0.2, 0.25) is 5.91 Å². The van der Waals surface area contributed by atoms with Crippen LogP contribution >= 0.6 is 24.0 Å². The Labute approximate surface area is 101 Å². The van der Waals surface area contributed by atoms with Crippen molar-refractivity contribution in [1.29, 1.82) is 0 Å². The van der Waals surface area contributed by atoms with Crippen LogP contribution in [0.2, 0.25) is 0 Å². The largest absolute Gasteiger partial charge is 0.392 e. The van der Waals surface area contributed by atoms with E-state index in [0.29, 0.717) is 4.99 Å². The van der Waals surface area contributed by atoms with Gasteiger partial charge in [0.05, 0.1) is 10.4 Å². The Balaban J connectivity index is 2.39. The molecule has 3 N–H and O–H groups in total. The minimum absolute atomic E-state index is 0.0132. The Morgan fingerprint density at radius 1 is 1.67 bits per heavy atom. The van der Waals surface area contributed by atoms with Gasteiger partial charge in [0, 0.05) is 11.8 Å². The molecule has 0 spiro atoms. The van der Waals surface area contributed by atoms with Crippen LogP contribution in [0.15, 0.2) is 0 Å². The van der Waals surface area contributed by atoms with Crippen LogP contribution in [0.5, 0.6) is 0 Å². The van der Waals surface area contributed by atoms with Crippen molar-refractivity contribution < 1.29 is 4.79 Å². The molecule has 1 fully saturated rings. The third-order valence-corrected chi connectivity index (χ3v) is 4.14. The van der Waals surface area contributed by atoms with E-state index in [-0.39, 0.29) is 11.9 Å². The first kappa shape index (κ1) is 12.8. The van der Waals surface area contributed by atoms with Crippen LogP contribution in [0.4, 0.5) is 0 Å². The molecule has 0 radical (unpaired) electrons. The lowest BCUT2D eigenvalue weighted by Gasteiger charge is -2.18. The fourth-order valence-electron chi connectivity index (χ4n) is 1.41. The molecule has 0 aromatic carbocycles. The summed E-state index contributed by atoms with van der Waals surface area (Å²) >= 11 is 6.74. The van der Waals surface area contributed by atoms with Gasteiger partial charge in [-0.1, -0.05) is 19.1 Å². The summed E-state index contributed by atoms with van der Waals surface area (Å²) in [4.78, 5) is 12.2. The molecule has 1 amide bonds. The van der Waals surface area contributed by atoms with Crippen LogP contribution in [0.1, 0.15) is 26.7 Å². The second kappa shape index (κ2) is 5.16. The van der Waals surface area contributed by atoms with Gasteiger partial charge in [0.1, 0.15) is 0 Å². The van der Waals surface area contributed by atoms with E-state index in [0.717, 1.165) is 24.3 Å². The van der Waals surface area contributed by atoms with Crippen molar-refractivity contribution in [1.82, 2.24) is 5.32 Å². The Kier molecular flexibility index (Phi) is 4.40. The first-order valence-corrected chi connectivity index (χ1v) is 6.78. The highest BCUT2D eigenvalue weighted by atomic mass is 32.2. The molecule has 86 valence electrons. The first-order chi connectivity index (χ1) is 7.03. The van der Waals surface area contributed by atoms with Crippen LogP contribution in [0.25, 0.3) is 0 Å². The topological polar surface area (TPSA) is 55.1 Å². The molecule has 3 nitrogen and oxygen atoms in total. The number of nitrogens with one attached hydrogen (secondary N) is 1. The van der Waals surface area contributed by atoms with Crippen molar-refractivity contribution in [3.8, 4) is 0 Å². The van der Waals surface area contributed by atoms with Gasteiger partial charge in [0.15, 0.2) is 0 Å². The minimum atomic E-state index is -0.513. The second-order valence-corrected chi connectivity index (χ2v) is 5.74. The Morgan fingerprint density at radius 2 is 2.27 bits per heavy atom. The van der Waals surface area contributed by atoms with Gasteiger partial charge in [-0.3, -0.25) is 4.79 Å². The number of rotatable bonds is 6. The molecule has 0 aliphatic heterocycles. The standard InChI is InChI=1S/C10H18N2OS2/c1-3-15-6-7(2)12-9(13)10(4-5-10)8(11)14/h7H,3-6H2,1-2H3,(H2,11,14)(H,12,13). The number of carbonyl (C=O) groups excluding carboxylic acids is 1. The Morgan fingerprint density at radius 3 is 2.67 bits per heavy atom. The van der Waals surface area contributed by atoms with Crippen molar-refractivity contribution in [2.45, 2.75) is 32.7 Å². The maximum absolute atomic E-state index is 11.9. The molecule has 0 aromatic heterocycles. The summed E-state index contributed by atoms with van der Waals surface area (Å²) in [6, 6.07) is 0.189. The average Bonchev–Trinajstić information content (AvgIpc) is 2.95. The van der Waals surface area contributed by atoms with Gasteiger partial charge >= 0.3 is 0 Å². The van der Waals surface area contributed by atoms with Crippen LogP contribution < -0.4 is 11.1 Å². The van der Waals surface area contributed by atoms with Crippen molar-refractivity contribution in [2.75, 3.05) is 11.5 Å². The van der Waals surface area contributed by atoms with E-state index in [1.54, 1.807) is 0 Å². The van der Waals surface area contributed by atoms with E-state index in [2.05, 4.69) is 12.2 Å². The highest BCUT2D eigenvalue weighted by molar-refractivity contribution is 7.99. The molecule has 0 aromatic rings. The van der Waals surface area contributed by atoms with Crippen molar-refractivity contribution >= 4 is 34.9 Å². The van der Waals surface area contributed by atoms with E-state index in [1.165, 1.54) is 0 Å². The number of hydrogen-bond donors (Lipinski definition) is 2. The number of nitrogens with two attached hydrogens (primary N) is 1. The van der Waals surface area contributed by atoms with Crippen molar-refractivity contribution in [2.24, 2.45) is 11.1 Å². The van der Waals surface area contributed by atoms with Crippen LogP contribution in [0, 0.1) is 5.41 Å². The lowest BCUT2D eigenvalue weighted by atomic mass is 10.1. The van der Waals surface area contributed by atoms with Crippen molar-refractivity contribution in [3.05, 3.63) is 0 Å². The normalized spacial score (nSPS) is 19.3. The molecule has 0 saturated heterocycles. The SMILES string of the molecule is CCSCC(C)NC(=O)C1(C(N)=S)CC1. The highest BCUT2D eigenvalue weighted by Crippen LogP contribution is 2.46. The fourth-order valence-corrected chi connectivity index (χ4v) is 2.38. The number of amides is 1. The molecular formula is C10H18N2OS2. The molecule has 0 bridgehead atoms. The summed E-state index contributed by atoms with van der Waals surface area (Å²) in [5.41, 5.74) is 5.06. The molecule has 1 rings (SSSR count). The molecular weight excluding hydrogens is 228 g/mol. The molecule has 15 heavy (non-hydrogen) atoms. The number of hydrogen-bond acceptors (Lipinski definition) is 3. The van der Waals surface area contributed by atoms with Crippen LogP contribution in [0.3, 0.4) is 0 Å². The van der Waals surface area contributed by atoms with E-state index in [1.807, 2.05) is 18.7 Å². The molecule has 0 heterocycles. The summed E-state index contributed by atoms with van der Waals surface area (Å²) in [5.74, 6) is 2.02. The van der Waals surface area contributed by atoms with Gasteiger partial charge in [-0.2, -0.15) is 11.8 Å². The van der Waals surface area contributed by atoms with Gasteiger partial charge in [-0.05, 0) is 25.5 Å². The predicted molar refractivity (Wildman–Crippen MR) is 69.1 cm³/mol. The number of carbonyl (C=O) groups is 1. The maximum Gasteiger partial charge on any atom is 0.233 e. The molecule has 1 atom stereocenters. The first-order valence-electron chi connectivity index (χ1n) is 5.21. The highest BCUT2D eigenvalue weighted by Gasteiger charge is 2.52. The summed E-state index contributed by atoms with van der Waals surface area (Å²) in [6.45, 7) is 4.12. The van der Waals surface area contributed by atoms with Gasteiger partial charge in [-0.25, -0.2) is 0 Å². The Hall–Kier alpha value is -0.290. The molecule has 1 aliphatic carbocycles. The smallest absolute Gasteiger partial charge is 0.233 e. The zero-order valence-electron chi connectivity index (χ0n) is 9.21. The zero-order chi connectivity index (χ0) is 11.5. The fraction of sp³-hybridized carbons (Fsp3) is 0.800. The third kappa shape index (κ3) is 3.08. The summed E-state index contributed by atoms with van der Waals surface area (Å²) in [6.07, 6.45) is 1.61. The average molecular weight is 246 g/mol. The number of thiocarbonyl (C=S) groups is 1. The number of thioether (sulfide) groups is 1. The summed E-state index contributed by atoms with van der Waals surface area (Å²) < 4.78 is 0. The maximum atomic E-state index is 11.9. The molecule has 1 aliphatic rings. The summed E-state index contributed by atoms with van der Waals surface area (Å²) in [5, 5.41) is 2.97.